The van der Waals surface area contributed by atoms with Crippen LogP contribution in [0.1, 0.15) is 47.1 Å². The van der Waals surface area contributed by atoms with Crippen molar-refractivity contribution in [2.75, 3.05) is 13.2 Å². The molecule has 0 amide bonds. The van der Waals surface area contributed by atoms with Crippen LogP contribution in [0.15, 0.2) is 24.3 Å². The Hall–Kier alpha value is -1.06. The number of hydrogen-bond donors (Lipinski definition) is 1. The van der Waals surface area contributed by atoms with Gasteiger partial charge in [0.2, 0.25) is 0 Å². The Kier molecular flexibility index (Phi) is 6.03. The molecule has 1 aromatic carbocycles. The summed E-state index contributed by atoms with van der Waals surface area (Å²) in [5, 5.41) is 3.47. The van der Waals surface area contributed by atoms with E-state index in [1.54, 1.807) is 0 Å². The predicted octanol–water partition coefficient (Wildman–Crippen LogP) is 3.77. The van der Waals surface area contributed by atoms with Crippen LogP contribution in [0.3, 0.4) is 0 Å². The van der Waals surface area contributed by atoms with E-state index < -0.39 is 0 Å². The van der Waals surface area contributed by atoms with Gasteiger partial charge in [-0.05, 0) is 59.2 Å². The highest BCUT2D eigenvalue weighted by molar-refractivity contribution is 5.27. The highest BCUT2D eigenvalue weighted by Crippen LogP contribution is 2.13. The normalized spacial score (nSPS) is 12.5. The SMILES string of the molecule is CC(C)(C)NCc1ccc(OCCOC(C)(C)C)cc1. The van der Waals surface area contributed by atoms with Gasteiger partial charge in [0, 0.05) is 12.1 Å². The second-order valence-electron chi connectivity index (χ2n) is 7.06. The Morgan fingerprint density at radius 2 is 1.50 bits per heavy atom. The minimum absolute atomic E-state index is 0.105. The van der Waals surface area contributed by atoms with E-state index in [2.05, 4.69) is 38.2 Å². The van der Waals surface area contributed by atoms with Gasteiger partial charge in [0.15, 0.2) is 0 Å². The lowest BCUT2D eigenvalue weighted by Gasteiger charge is -2.21. The Morgan fingerprint density at radius 1 is 0.900 bits per heavy atom. The molecule has 0 saturated heterocycles. The summed E-state index contributed by atoms with van der Waals surface area (Å²) in [5.74, 6) is 0.891. The smallest absolute Gasteiger partial charge is 0.119 e. The summed E-state index contributed by atoms with van der Waals surface area (Å²) >= 11 is 0. The van der Waals surface area contributed by atoms with Crippen molar-refractivity contribution in [3.63, 3.8) is 0 Å². The van der Waals surface area contributed by atoms with Crippen LogP contribution in [0.25, 0.3) is 0 Å². The van der Waals surface area contributed by atoms with Crippen molar-refractivity contribution in [2.24, 2.45) is 0 Å². The van der Waals surface area contributed by atoms with E-state index in [-0.39, 0.29) is 11.1 Å². The third-order valence-electron chi connectivity index (χ3n) is 2.63. The Labute approximate surface area is 123 Å². The largest absolute Gasteiger partial charge is 0.491 e. The quantitative estimate of drug-likeness (QED) is 0.804. The lowest BCUT2D eigenvalue weighted by Crippen LogP contribution is -2.35. The molecule has 0 unspecified atom stereocenters. The summed E-state index contributed by atoms with van der Waals surface area (Å²) in [7, 11) is 0. The average molecular weight is 279 g/mol. The molecule has 0 radical (unpaired) electrons. The molecule has 0 aliphatic heterocycles. The monoisotopic (exact) mass is 279 g/mol. The van der Waals surface area contributed by atoms with Crippen molar-refractivity contribution in [3.8, 4) is 5.75 Å². The Balaban J connectivity index is 2.32. The fourth-order valence-corrected chi connectivity index (χ4v) is 1.58. The van der Waals surface area contributed by atoms with Gasteiger partial charge in [0.25, 0.3) is 0 Å². The molecule has 20 heavy (non-hydrogen) atoms. The van der Waals surface area contributed by atoms with Gasteiger partial charge in [-0.3, -0.25) is 0 Å². The molecule has 0 heterocycles. The molecule has 1 rings (SSSR count). The first kappa shape index (κ1) is 17.0. The summed E-state index contributed by atoms with van der Waals surface area (Å²) in [6, 6.07) is 8.21. The first-order valence-electron chi connectivity index (χ1n) is 7.26. The standard InChI is InChI=1S/C17H29NO2/c1-16(2,3)18-13-14-7-9-15(10-8-14)19-11-12-20-17(4,5)6/h7-10,18H,11-13H2,1-6H3. The van der Waals surface area contributed by atoms with Crippen molar-refractivity contribution in [1.29, 1.82) is 0 Å². The van der Waals surface area contributed by atoms with Crippen LogP contribution in [-0.2, 0) is 11.3 Å². The molecule has 1 N–H and O–H groups in total. The van der Waals surface area contributed by atoms with E-state index >= 15 is 0 Å². The molecule has 114 valence electrons. The Bertz CT molecular complexity index is 385. The Morgan fingerprint density at radius 3 is 2.00 bits per heavy atom. The van der Waals surface area contributed by atoms with Crippen LogP contribution in [-0.4, -0.2) is 24.4 Å². The second-order valence-corrected chi connectivity index (χ2v) is 7.06. The van der Waals surface area contributed by atoms with Crippen LogP contribution >= 0.6 is 0 Å². The lowest BCUT2D eigenvalue weighted by atomic mass is 10.1. The number of hydrogen-bond acceptors (Lipinski definition) is 3. The van der Waals surface area contributed by atoms with Crippen LogP contribution < -0.4 is 10.1 Å². The summed E-state index contributed by atoms with van der Waals surface area (Å²) in [4.78, 5) is 0. The molecule has 0 spiro atoms. The van der Waals surface area contributed by atoms with Gasteiger partial charge < -0.3 is 14.8 Å². The molecule has 0 aromatic heterocycles. The third kappa shape index (κ3) is 8.18. The highest BCUT2D eigenvalue weighted by Gasteiger charge is 2.10. The molecule has 3 nitrogen and oxygen atoms in total. The van der Waals surface area contributed by atoms with E-state index in [0.717, 1.165) is 12.3 Å². The molecule has 0 fully saturated rings. The number of rotatable bonds is 6. The molecule has 0 saturated carbocycles. The zero-order chi connectivity index (χ0) is 15.2. The molecule has 0 atom stereocenters. The molecule has 0 bridgehead atoms. The molecule has 0 aliphatic carbocycles. The molecule has 3 heteroatoms. The molecular weight excluding hydrogens is 250 g/mol. The van der Waals surface area contributed by atoms with E-state index in [9.17, 15) is 0 Å². The summed E-state index contributed by atoms with van der Waals surface area (Å²) in [5.41, 5.74) is 1.30. The maximum atomic E-state index is 5.66. The second kappa shape index (κ2) is 7.09. The first-order valence-corrected chi connectivity index (χ1v) is 7.26. The minimum Gasteiger partial charge on any atom is -0.491 e. The highest BCUT2D eigenvalue weighted by atomic mass is 16.5. The van der Waals surface area contributed by atoms with Gasteiger partial charge in [-0.15, -0.1) is 0 Å². The zero-order valence-corrected chi connectivity index (χ0v) is 13.7. The summed E-state index contributed by atoms with van der Waals surface area (Å²) < 4.78 is 11.3. The van der Waals surface area contributed by atoms with Gasteiger partial charge >= 0.3 is 0 Å². The maximum Gasteiger partial charge on any atom is 0.119 e. The average Bonchev–Trinajstić information content (AvgIpc) is 2.31. The zero-order valence-electron chi connectivity index (χ0n) is 13.7. The van der Waals surface area contributed by atoms with Crippen molar-refractivity contribution in [1.82, 2.24) is 5.32 Å². The van der Waals surface area contributed by atoms with Gasteiger partial charge in [-0.25, -0.2) is 0 Å². The molecule has 1 aromatic rings. The lowest BCUT2D eigenvalue weighted by molar-refractivity contribution is -0.0163. The minimum atomic E-state index is -0.105. The van der Waals surface area contributed by atoms with Gasteiger partial charge in [-0.2, -0.15) is 0 Å². The van der Waals surface area contributed by atoms with E-state index in [1.165, 1.54) is 5.56 Å². The maximum absolute atomic E-state index is 5.66. The van der Waals surface area contributed by atoms with Gasteiger partial charge in [0.05, 0.1) is 12.2 Å². The van der Waals surface area contributed by atoms with Crippen LogP contribution in [0.4, 0.5) is 0 Å². The van der Waals surface area contributed by atoms with E-state index in [1.807, 2.05) is 32.9 Å². The van der Waals surface area contributed by atoms with Gasteiger partial charge in [-0.1, -0.05) is 12.1 Å². The first-order chi connectivity index (χ1) is 9.16. The van der Waals surface area contributed by atoms with Crippen molar-refractivity contribution in [3.05, 3.63) is 29.8 Å². The predicted molar refractivity (Wildman–Crippen MR) is 84.2 cm³/mol. The number of nitrogens with one attached hydrogen (secondary N) is 1. The van der Waals surface area contributed by atoms with E-state index in [0.29, 0.717) is 13.2 Å². The van der Waals surface area contributed by atoms with Crippen molar-refractivity contribution in [2.45, 2.75) is 59.2 Å². The third-order valence-corrected chi connectivity index (χ3v) is 2.63. The van der Waals surface area contributed by atoms with Crippen LogP contribution in [0, 0.1) is 0 Å². The molecule has 0 aliphatic rings. The topological polar surface area (TPSA) is 30.5 Å². The fraction of sp³-hybridized carbons (Fsp3) is 0.647. The van der Waals surface area contributed by atoms with Gasteiger partial charge in [0.1, 0.15) is 12.4 Å². The van der Waals surface area contributed by atoms with E-state index in [4.69, 9.17) is 9.47 Å². The molecular formula is C17H29NO2. The van der Waals surface area contributed by atoms with Crippen molar-refractivity contribution >= 4 is 0 Å². The number of ether oxygens (including phenoxy) is 2. The fourth-order valence-electron chi connectivity index (χ4n) is 1.58. The van der Waals surface area contributed by atoms with Crippen LogP contribution in [0.5, 0.6) is 5.75 Å². The summed E-state index contributed by atoms with van der Waals surface area (Å²) in [6.07, 6.45) is 0. The summed E-state index contributed by atoms with van der Waals surface area (Å²) in [6.45, 7) is 14.7. The van der Waals surface area contributed by atoms with Crippen molar-refractivity contribution < 1.29 is 9.47 Å². The van der Waals surface area contributed by atoms with Crippen LogP contribution in [0.2, 0.25) is 0 Å². The number of benzene rings is 1.